The first-order chi connectivity index (χ1) is 9.27. The highest BCUT2D eigenvalue weighted by molar-refractivity contribution is 5.32. The highest BCUT2D eigenvalue weighted by Crippen LogP contribution is 2.37. The standard InChI is InChI=1S/C17H27NO/c1-13-12-15-16(10-7-11-17(15)19)18(13)14-8-5-3-2-4-6-9-14/h12,14,17,19H,2-11H2,1H3. The summed E-state index contributed by atoms with van der Waals surface area (Å²) in [6, 6.07) is 2.94. The van der Waals surface area contributed by atoms with E-state index in [1.54, 1.807) is 0 Å². The van der Waals surface area contributed by atoms with Crippen LogP contribution in [0.4, 0.5) is 0 Å². The predicted molar refractivity (Wildman–Crippen MR) is 78.4 cm³/mol. The fraction of sp³-hybridized carbons (Fsp3) is 0.765. The van der Waals surface area contributed by atoms with Gasteiger partial charge in [-0.1, -0.05) is 32.1 Å². The third-order valence-electron chi connectivity index (χ3n) is 5.06. The number of fused-ring (bicyclic) bond motifs is 1. The molecule has 1 atom stereocenters. The van der Waals surface area contributed by atoms with E-state index in [1.165, 1.54) is 61.9 Å². The van der Waals surface area contributed by atoms with Crippen molar-refractivity contribution in [2.75, 3.05) is 0 Å². The van der Waals surface area contributed by atoms with E-state index in [0.717, 1.165) is 19.3 Å². The molecule has 106 valence electrons. The molecule has 1 aromatic rings. The van der Waals surface area contributed by atoms with Gasteiger partial charge in [0.15, 0.2) is 0 Å². The van der Waals surface area contributed by atoms with Crippen LogP contribution in [0.1, 0.15) is 86.9 Å². The first kappa shape index (κ1) is 13.2. The Hall–Kier alpha value is -0.760. The number of aromatic nitrogens is 1. The number of aliphatic hydroxyl groups excluding tert-OH is 1. The lowest BCUT2D eigenvalue weighted by Crippen LogP contribution is -2.18. The molecule has 0 saturated heterocycles. The number of hydrogen-bond donors (Lipinski definition) is 1. The summed E-state index contributed by atoms with van der Waals surface area (Å²) in [6.45, 7) is 2.23. The molecule has 2 aliphatic rings. The van der Waals surface area contributed by atoms with Crippen LogP contribution in [-0.4, -0.2) is 9.67 Å². The van der Waals surface area contributed by atoms with Gasteiger partial charge < -0.3 is 9.67 Å². The van der Waals surface area contributed by atoms with Gasteiger partial charge in [-0.05, 0) is 45.1 Å². The topological polar surface area (TPSA) is 25.2 Å². The van der Waals surface area contributed by atoms with Crippen molar-refractivity contribution in [2.45, 2.75) is 83.3 Å². The zero-order valence-electron chi connectivity index (χ0n) is 12.2. The monoisotopic (exact) mass is 261 g/mol. The van der Waals surface area contributed by atoms with Crippen molar-refractivity contribution in [3.63, 3.8) is 0 Å². The summed E-state index contributed by atoms with van der Waals surface area (Å²) < 4.78 is 2.59. The summed E-state index contributed by atoms with van der Waals surface area (Å²) in [5.74, 6) is 0. The van der Waals surface area contributed by atoms with E-state index in [1.807, 2.05) is 0 Å². The predicted octanol–water partition coefficient (Wildman–Crippen LogP) is 4.45. The van der Waals surface area contributed by atoms with Gasteiger partial charge >= 0.3 is 0 Å². The second-order valence-electron chi connectivity index (χ2n) is 6.46. The Kier molecular flexibility index (Phi) is 3.97. The second kappa shape index (κ2) is 5.70. The number of rotatable bonds is 1. The van der Waals surface area contributed by atoms with Crippen LogP contribution in [0.5, 0.6) is 0 Å². The van der Waals surface area contributed by atoms with E-state index in [9.17, 15) is 5.11 Å². The zero-order chi connectivity index (χ0) is 13.2. The molecular weight excluding hydrogens is 234 g/mol. The summed E-state index contributed by atoms with van der Waals surface area (Å²) in [7, 11) is 0. The summed E-state index contributed by atoms with van der Waals surface area (Å²) in [6.07, 6.45) is 12.7. The van der Waals surface area contributed by atoms with Crippen LogP contribution in [0.2, 0.25) is 0 Å². The molecule has 2 aliphatic carbocycles. The van der Waals surface area contributed by atoms with E-state index in [0.29, 0.717) is 6.04 Å². The van der Waals surface area contributed by atoms with Crippen LogP contribution >= 0.6 is 0 Å². The first-order valence-electron chi connectivity index (χ1n) is 8.16. The van der Waals surface area contributed by atoms with Crippen LogP contribution in [0.15, 0.2) is 6.07 Å². The minimum Gasteiger partial charge on any atom is -0.388 e. The molecular formula is C17H27NO. The molecule has 0 bridgehead atoms. The Morgan fingerprint density at radius 1 is 1.00 bits per heavy atom. The molecule has 0 radical (unpaired) electrons. The molecule has 1 aromatic heterocycles. The Bertz CT molecular complexity index is 427. The molecule has 1 saturated carbocycles. The van der Waals surface area contributed by atoms with Gasteiger partial charge in [0.05, 0.1) is 6.10 Å². The maximum atomic E-state index is 10.2. The van der Waals surface area contributed by atoms with Gasteiger partial charge in [-0.15, -0.1) is 0 Å². The molecule has 0 spiro atoms. The Morgan fingerprint density at radius 3 is 2.42 bits per heavy atom. The molecule has 2 heteroatoms. The van der Waals surface area contributed by atoms with Crippen LogP contribution in [0.25, 0.3) is 0 Å². The maximum absolute atomic E-state index is 10.2. The van der Waals surface area contributed by atoms with E-state index in [4.69, 9.17) is 0 Å². The summed E-state index contributed by atoms with van der Waals surface area (Å²) in [5.41, 5.74) is 4.05. The molecule has 0 aliphatic heterocycles. The molecule has 19 heavy (non-hydrogen) atoms. The van der Waals surface area contributed by atoms with Crippen molar-refractivity contribution >= 4 is 0 Å². The lowest BCUT2D eigenvalue weighted by Gasteiger charge is -2.28. The molecule has 1 N–H and O–H groups in total. The second-order valence-corrected chi connectivity index (χ2v) is 6.46. The molecule has 1 fully saturated rings. The van der Waals surface area contributed by atoms with Crippen LogP contribution < -0.4 is 0 Å². The Morgan fingerprint density at radius 2 is 1.68 bits per heavy atom. The van der Waals surface area contributed by atoms with Crippen LogP contribution in [-0.2, 0) is 6.42 Å². The van der Waals surface area contributed by atoms with Gasteiger partial charge in [-0.3, -0.25) is 0 Å². The fourth-order valence-electron chi connectivity index (χ4n) is 4.10. The summed E-state index contributed by atoms with van der Waals surface area (Å²) >= 11 is 0. The quantitative estimate of drug-likeness (QED) is 0.793. The number of nitrogens with zero attached hydrogens (tertiary/aromatic N) is 1. The van der Waals surface area contributed by atoms with E-state index in [-0.39, 0.29) is 6.10 Å². The average molecular weight is 261 g/mol. The molecule has 2 nitrogen and oxygen atoms in total. The van der Waals surface area contributed by atoms with Gasteiger partial charge in [0.25, 0.3) is 0 Å². The third kappa shape index (κ3) is 2.60. The minimum absolute atomic E-state index is 0.211. The lowest BCUT2D eigenvalue weighted by atomic mass is 9.93. The first-order valence-corrected chi connectivity index (χ1v) is 8.16. The minimum atomic E-state index is -0.211. The largest absolute Gasteiger partial charge is 0.388 e. The van der Waals surface area contributed by atoms with Gasteiger partial charge in [-0.25, -0.2) is 0 Å². The molecule has 0 amide bonds. The van der Waals surface area contributed by atoms with Crippen molar-refractivity contribution in [3.8, 4) is 0 Å². The zero-order valence-corrected chi connectivity index (χ0v) is 12.2. The summed E-state index contributed by atoms with van der Waals surface area (Å²) in [5, 5.41) is 10.2. The van der Waals surface area contributed by atoms with Crippen LogP contribution in [0, 0.1) is 6.92 Å². The maximum Gasteiger partial charge on any atom is 0.0807 e. The molecule has 0 aromatic carbocycles. The van der Waals surface area contributed by atoms with E-state index >= 15 is 0 Å². The van der Waals surface area contributed by atoms with E-state index < -0.39 is 0 Å². The highest BCUT2D eigenvalue weighted by atomic mass is 16.3. The average Bonchev–Trinajstić information content (AvgIpc) is 2.68. The number of hydrogen-bond acceptors (Lipinski definition) is 1. The molecule has 1 heterocycles. The molecule has 1 unspecified atom stereocenters. The summed E-state index contributed by atoms with van der Waals surface area (Å²) in [4.78, 5) is 0. The van der Waals surface area contributed by atoms with E-state index in [2.05, 4.69) is 17.6 Å². The Balaban J connectivity index is 1.90. The fourth-order valence-corrected chi connectivity index (χ4v) is 4.10. The number of aryl methyl sites for hydroxylation is 1. The lowest BCUT2D eigenvalue weighted by molar-refractivity contribution is 0.155. The normalized spacial score (nSPS) is 25.7. The van der Waals surface area contributed by atoms with Crippen molar-refractivity contribution in [1.82, 2.24) is 4.57 Å². The SMILES string of the molecule is Cc1cc2c(n1C1CCCCCCC1)CCCC2O. The molecule has 3 rings (SSSR count). The smallest absolute Gasteiger partial charge is 0.0807 e. The van der Waals surface area contributed by atoms with Gasteiger partial charge in [0, 0.05) is 23.0 Å². The van der Waals surface area contributed by atoms with Gasteiger partial charge in [0.2, 0.25) is 0 Å². The third-order valence-corrected chi connectivity index (χ3v) is 5.06. The van der Waals surface area contributed by atoms with Crippen molar-refractivity contribution in [3.05, 3.63) is 23.0 Å². The Labute approximate surface area is 116 Å². The van der Waals surface area contributed by atoms with Crippen molar-refractivity contribution in [2.24, 2.45) is 0 Å². The number of aliphatic hydroxyl groups is 1. The van der Waals surface area contributed by atoms with Gasteiger partial charge in [0.1, 0.15) is 0 Å². The van der Waals surface area contributed by atoms with Crippen molar-refractivity contribution < 1.29 is 5.11 Å². The van der Waals surface area contributed by atoms with Crippen LogP contribution in [0.3, 0.4) is 0 Å². The highest BCUT2D eigenvalue weighted by Gasteiger charge is 2.26. The van der Waals surface area contributed by atoms with Crippen molar-refractivity contribution in [1.29, 1.82) is 0 Å². The van der Waals surface area contributed by atoms with Gasteiger partial charge in [-0.2, -0.15) is 0 Å².